The van der Waals surface area contributed by atoms with Gasteiger partial charge in [-0.1, -0.05) is 6.07 Å². The molecule has 2 aromatic rings. The minimum absolute atomic E-state index is 0.0292. The van der Waals surface area contributed by atoms with E-state index in [1.54, 1.807) is 11.3 Å². The quantitative estimate of drug-likeness (QED) is 0.771. The minimum atomic E-state index is -3.66. The van der Waals surface area contributed by atoms with Crippen molar-refractivity contribution in [2.24, 2.45) is 0 Å². The highest BCUT2D eigenvalue weighted by Crippen LogP contribution is 2.10. The molecule has 0 unspecified atom stereocenters. The predicted octanol–water partition coefficient (Wildman–Crippen LogP) is 0.519. The van der Waals surface area contributed by atoms with E-state index in [4.69, 9.17) is 0 Å². The predicted molar refractivity (Wildman–Crippen MR) is 92.6 cm³/mol. The van der Waals surface area contributed by atoms with E-state index in [9.17, 15) is 18.0 Å². The molecule has 0 atom stereocenters. The van der Waals surface area contributed by atoms with E-state index >= 15 is 0 Å². The van der Waals surface area contributed by atoms with Crippen LogP contribution in [0.2, 0.25) is 0 Å². The van der Waals surface area contributed by atoms with E-state index in [0.717, 1.165) is 19.8 Å². The molecule has 0 aliphatic heterocycles. The summed E-state index contributed by atoms with van der Waals surface area (Å²) in [7, 11) is -0.846. The second-order valence-electron chi connectivity index (χ2n) is 5.30. The summed E-state index contributed by atoms with van der Waals surface area (Å²) < 4.78 is 26.3. The van der Waals surface area contributed by atoms with Crippen LogP contribution in [0.1, 0.15) is 4.88 Å². The zero-order chi connectivity index (χ0) is 17.7. The molecule has 0 saturated carbocycles. The number of hydrogen-bond donors (Lipinski definition) is 1. The maximum atomic E-state index is 12.1. The first-order valence-electron chi connectivity index (χ1n) is 7.23. The van der Waals surface area contributed by atoms with Gasteiger partial charge in [0.1, 0.15) is 6.54 Å². The maximum absolute atomic E-state index is 12.1. The highest BCUT2D eigenvalue weighted by atomic mass is 32.2. The normalized spacial score (nSPS) is 11.6. The molecule has 9 heteroatoms. The van der Waals surface area contributed by atoms with Crippen molar-refractivity contribution in [3.63, 3.8) is 0 Å². The number of sulfonamides is 1. The average molecular weight is 369 g/mol. The summed E-state index contributed by atoms with van der Waals surface area (Å²) in [6.45, 7) is 0.240. The van der Waals surface area contributed by atoms with Gasteiger partial charge >= 0.3 is 0 Å². The lowest BCUT2D eigenvalue weighted by atomic mass is 10.3. The van der Waals surface area contributed by atoms with Gasteiger partial charge in [0, 0.05) is 37.8 Å². The Kier molecular flexibility index (Phi) is 5.92. The summed E-state index contributed by atoms with van der Waals surface area (Å²) >= 11 is 1.61. The molecule has 2 heterocycles. The fourth-order valence-corrected chi connectivity index (χ4v) is 3.62. The van der Waals surface area contributed by atoms with Crippen molar-refractivity contribution in [1.29, 1.82) is 0 Å². The Balaban J connectivity index is 2.03. The fraction of sp³-hybridized carbons (Fsp3) is 0.333. The first-order chi connectivity index (χ1) is 11.3. The number of thiophene rings is 1. The lowest BCUT2D eigenvalue weighted by molar-refractivity contribution is -0.121. The van der Waals surface area contributed by atoms with Gasteiger partial charge in [0.2, 0.25) is 15.9 Å². The van der Waals surface area contributed by atoms with E-state index in [-0.39, 0.29) is 17.3 Å². The Bertz CT molecular complexity index is 855. The Morgan fingerprint density at radius 3 is 2.67 bits per heavy atom. The molecule has 7 nitrogen and oxygen atoms in total. The second-order valence-corrected chi connectivity index (χ2v) is 8.48. The van der Waals surface area contributed by atoms with Crippen LogP contribution in [0, 0.1) is 0 Å². The lowest BCUT2D eigenvalue weighted by Crippen LogP contribution is -2.33. The molecule has 0 spiro atoms. The zero-order valence-electron chi connectivity index (χ0n) is 13.4. The number of aromatic nitrogens is 1. The number of amides is 1. The summed E-state index contributed by atoms with van der Waals surface area (Å²) in [4.78, 5) is 24.9. The molecule has 0 saturated heterocycles. The number of nitrogens with one attached hydrogen (secondary N) is 1. The SMILES string of the molecule is CN(C)S(=O)(=O)c1ccc(=O)n(CC(=O)NCCc2cccs2)c1. The molecule has 0 aromatic carbocycles. The first-order valence-corrected chi connectivity index (χ1v) is 9.55. The Hall–Kier alpha value is -1.97. The van der Waals surface area contributed by atoms with Gasteiger partial charge in [-0.2, -0.15) is 0 Å². The van der Waals surface area contributed by atoms with Crippen LogP contribution in [0.4, 0.5) is 0 Å². The van der Waals surface area contributed by atoms with Crippen LogP contribution in [0.15, 0.2) is 45.5 Å². The summed E-state index contributed by atoms with van der Waals surface area (Å²) in [6.07, 6.45) is 1.91. The number of carbonyl (C=O) groups excluding carboxylic acids is 1. The van der Waals surface area contributed by atoms with Gasteiger partial charge in [-0.15, -0.1) is 11.3 Å². The zero-order valence-corrected chi connectivity index (χ0v) is 15.1. The molecule has 2 aromatic heterocycles. The van der Waals surface area contributed by atoms with Crippen molar-refractivity contribution >= 4 is 27.3 Å². The third kappa shape index (κ3) is 4.53. The van der Waals surface area contributed by atoms with Crippen molar-refractivity contribution in [3.8, 4) is 0 Å². The van der Waals surface area contributed by atoms with Crippen LogP contribution >= 0.6 is 11.3 Å². The molecular formula is C15H19N3O4S2. The molecule has 1 amide bonds. The molecular weight excluding hydrogens is 350 g/mol. The number of rotatable bonds is 7. The van der Waals surface area contributed by atoms with Crippen molar-refractivity contribution in [2.45, 2.75) is 17.9 Å². The van der Waals surface area contributed by atoms with Crippen molar-refractivity contribution in [1.82, 2.24) is 14.2 Å². The molecule has 0 radical (unpaired) electrons. The van der Waals surface area contributed by atoms with E-state index in [0.29, 0.717) is 13.0 Å². The van der Waals surface area contributed by atoms with E-state index in [1.165, 1.54) is 26.4 Å². The third-order valence-corrected chi connectivity index (χ3v) is 6.06. The van der Waals surface area contributed by atoms with Crippen LogP contribution in [0.3, 0.4) is 0 Å². The smallest absolute Gasteiger partial charge is 0.251 e. The Morgan fingerprint density at radius 1 is 1.29 bits per heavy atom. The first kappa shape index (κ1) is 18.4. The highest BCUT2D eigenvalue weighted by Gasteiger charge is 2.18. The molecule has 0 fully saturated rings. The van der Waals surface area contributed by atoms with Crippen molar-refractivity contribution in [3.05, 3.63) is 51.1 Å². The van der Waals surface area contributed by atoms with E-state index in [2.05, 4.69) is 5.32 Å². The van der Waals surface area contributed by atoms with Gasteiger partial charge in [-0.25, -0.2) is 12.7 Å². The summed E-state index contributed by atoms with van der Waals surface area (Å²) in [5.41, 5.74) is -0.430. The number of pyridine rings is 1. The maximum Gasteiger partial charge on any atom is 0.251 e. The molecule has 130 valence electrons. The van der Waals surface area contributed by atoms with Gasteiger partial charge in [0.15, 0.2) is 0 Å². The van der Waals surface area contributed by atoms with E-state index < -0.39 is 15.6 Å². The summed E-state index contributed by atoms with van der Waals surface area (Å²) in [6, 6.07) is 6.31. The van der Waals surface area contributed by atoms with Crippen molar-refractivity contribution in [2.75, 3.05) is 20.6 Å². The Labute approximate surface area is 144 Å². The largest absolute Gasteiger partial charge is 0.354 e. The highest BCUT2D eigenvalue weighted by molar-refractivity contribution is 7.89. The van der Waals surface area contributed by atoms with Crippen LogP contribution in [0.25, 0.3) is 0 Å². The fourth-order valence-electron chi connectivity index (χ4n) is 1.99. The standard InChI is InChI=1S/C15H19N3O4S2/c1-17(2)24(21,22)13-5-6-15(20)18(10-13)11-14(19)16-8-7-12-4-3-9-23-12/h3-6,9-10H,7-8,11H2,1-2H3,(H,16,19). The second kappa shape index (κ2) is 7.73. The van der Waals surface area contributed by atoms with Crippen LogP contribution in [-0.2, 0) is 27.8 Å². The van der Waals surface area contributed by atoms with Gasteiger partial charge < -0.3 is 9.88 Å². The van der Waals surface area contributed by atoms with E-state index in [1.807, 2.05) is 17.5 Å². The van der Waals surface area contributed by atoms with Gasteiger partial charge in [-0.05, 0) is 23.9 Å². The van der Waals surface area contributed by atoms with Crippen LogP contribution in [0.5, 0.6) is 0 Å². The minimum Gasteiger partial charge on any atom is -0.354 e. The van der Waals surface area contributed by atoms with Crippen LogP contribution in [-0.4, -0.2) is 43.8 Å². The molecule has 2 rings (SSSR count). The molecule has 0 aliphatic carbocycles. The summed E-state index contributed by atoms with van der Waals surface area (Å²) in [5, 5.41) is 4.69. The average Bonchev–Trinajstić information content (AvgIpc) is 3.02. The molecule has 1 N–H and O–H groups in total. The topological polar surface area (TPSA) is 88.5 Å². The molecule has 24 heavy (non-hydrogen) atoms. The molecule has 0 aliphatic rings. The Morgan fingerprint density at radius 2 is 2.04 bits per heavy atom. The third-order valence-electron chi connectivity index (χ3n) is 3.32. The van der Waals surface area contributed by atoms with Gasteiger partial charge in [-0.3, -0.25) is 9.59 Å². The molecule has 0 bridgehead atoms. The number of nitrogens with zero attached hydrogens (tertiary/aromatic N) is 2. The summed E-state index contributed by atoms with van der Waals surface area (Å²) in [5.74, 6) is -0.340. The number of carbonyl (C=O) groups is 1. The lowest BCUT2D eigenvalue weighted by Gasteiger charge is -2.13. The number of hydrogen-bond acceptors (Lipinski definition) is 5. The van der Waals surface area contributed by atoms with Crippen molar-refractivity contribution < 1.29 is 13.2 Å². The van der Waals surface area contributed by atoms with Crippen LogP contribution < -0.4 is 10.9 Å². The van der Waals surface area contributed by atoms with Gasteiger partial charge in [0.25, 0.3) is 5.56 Å². The van der Waals surface area contributed by atoms with Gasteiger partial charge in [0.05, 0.1) is 4.90 Å². The monoisotopic (exact) mass is 369 g/mol.